The normalized spacial score (nSPS) is 20.5. The molecule has 3 heterocycles. The van der Waals surface area contributed by atoms with Crippen molar-refractivity contribution in [2.75, 3.05) is 6.54 Å². The zero-order chi connectivity index (χ0) is 15.9. The van der Waals surface area contributed by atoms with Crippen LogP contribution in [-0.4, -0.2) is 38.6 Å². The molecule has 3 rings (SSSR count). The first-order valence-electron chi connectivity index (χ1n) is 6.84. The molecule has 2 aromatic rings. The summed E-state index contributed by atoms with van der Waals surface area (Å²) in [6, 6.07) is 0.438. The summed E-state index contributed by atoms with van der Waals surface area (Å²) in [7, 11) is 0. The van der Waals surface area contributed by atoms with Crippen molar-refractivity contribution in [1.82, 2.24) is 20.2 Å². The molecule has 0 spiro atoms. The van der Waals surface area contributed by atoms with Gasteiger partial charge in [-0.15, -0.1) is 0 Å². The van der Waals surface area contributed by atoms with Crippen LogP contribution in [0.1, 0.15) is 47.4 Å². The third-order valence-electron chi connectivity index (χ3n) is 3.46. The van der Waals surface area contributed by atoms with E-state index < -0.39 is 30.8 Å². The van der Waals surface area contributed by atoms with Gasteiger partial charge in [-0.1, -0.05) is 17.2 Å². The van der Waals surface area contributed by atoms with E-state index in [9.17, 15) is 13.6 Å². The maximum atomic E-state index is 13.8. The van der Waals surface area contributed by atoms with Crippen LogP contribution in [0.5, 0.6) is 0 Å². The third-order valence-corrected chi connectivity index (χ3v) is 3.46. The van der Waals surface area contributed by atoms with Gasteiger partial charge in [0, 0.05) is 18.9 Å². The summed E-state index contributed by atoms with van der Waals surface area (Å²) in [6.45, 7) is 2.72. The average Bonchev–Trinajstić information content (AvgIpc) is 3.15. The summed E-state index contributed by atoms with van der Waals surface area (Å²) in [5.41, 5.74) is -0.0181. The minimum absolute atomic E-state index is 0.0163. The Balaban J connectivity index is 1.91. The molecule has 118 valence electrons. The summed E-state index contributed by atoms with van der Waals surface area (Å²) >= 11 is 0. The quantitative estimate of drug-likeness (QED) is 0.863. The monoisotopic (exact) mass is 312 g/mol. The highest BCUT2D eigenvalue weighted by Crippen LogP contribution is 2.41. The lowest BCUT2D eigenvalue weighted by atomic mass is 10.2. The second-order valence-electron chi connectivity index (χ2n) is 5.23. The maximum Gasteiger partial charge on any atom is 0.276 e. The Labute approximate surface area is 124 Å². The summed E-state index contributed by atoms with van der Waals surface area (Å²) in [6.07, 6.45) is -0.0377. The largest absolute Gasteiger partial charge is 0.361 e. The third kappa shape index (κ3) is 2.58. The SMILES string of the molecule is CCc1noc([C@@H]2CC(F)(F)CN2C(=O)c2cc(C)on2)n1. The van der Waals surface area contributed by atoms with Crippen LogP contribution in [0, 0.1) is 6.92 Å². The van der Waals surface area contributed by atoms with Gasteiger partial charge in [0.2, 0.25) is 5.89 Å². The van der Waals surface area contributed by atoms with Gasteiger partial charge in [0.25, 0.3) is 11.8 Å². The number of rotatable bonds is 3. The Bertz CT molecular complexity index is 697. The molecule has 0 N–H and O–H groups in total. The second-order valence-corrected chi connectivity index (χ2v) is 5.23. The minimum atomic E-state index is -3.01. The summed E-state index contributed by atoms with van der Waals surface area (Å²) in [4.78, 5) is 17.5. The number of nitrogens with zero attached hydrogens (tertiary/aromatic N) is 4. The van der Waals surface area contributed by atoms with Gasteiger partial charge >= 0.3 is 0 Å². The van der Waals surface area contributed by atoms with Crippen molar-refractivity contribution >= 4 is 5.91 Å². The van der Waals surface area contributed by atoms with Crippen molar-refractivity contribution in [3.8, 4) is 0 Å². The zero-order valence-electron chi connectivity index (χ0n) is 12.0. The molecule has 1 aliphatic heterocycles. The average molecular weight is 312 g/mol. The van der Waals surface area contributed by atoms with Gasteiger partial charge in [-0.3, -0.25) is 4.79 Å². The molecule has 1 aliphatic rings. The van der Waals surface area contributed by atoms with E-state index in [0.29, 0.717) is 18.0 Å². The number of carbonyl (C=O) groups is 1. The first-order valence-corrected chi connectivity index (χ1v) is 6.84. The number of carbonyl (C=O) groups excluding carboxylic acids is 1. The Morgan fingerprint density at radius 2 is 2.23 bits per heavy atom. The van der Waals surface area contributed by atoms with Gasteiger partial charge in [0.1, 0.15) is 11.8 Å². The second kappa shape index (κ2) is 5.15. The van der Waals surface area contributed by atoms with Gasteiger partial charge in [-0.05, 0) is 6.92 Å². The van der Waals surface area contributed by atoms with E-state index in [-0.39, 0.29) is 11.6 Å². The minimum Gasteiger partial charge on any atom is -0.361 e. The fourth-order valence-corrected chi connectivity index (χ4v) is 2.41. The fourth-order valence-electron chi connectivity index (χ4n) is 2.41. The van der Waals surface area contributed by atoms with E-state index in [1.807, 2.05) is 6.92 Å². The van der Waals surface area contributed by atoms with Crippen molar-refractivity contribution in [2.24, 2.45) is 0 Å². The highest BCUT2D eigenvalue weighted by molar-refractivity contribution is 5.92. The smallest absolute Gasteiger partial charge is 0.276 e. The summed E-state index contributed by atoms with van der Waals surface area (Å²) in [5, 5.41) is 7.27. The number of amides is 1. The van der Waals surface area contributed by atoms with Crippen LogP contribution in [0.3, 0.4) is 0 Å². The highest BCUT2D eigenvalue weighted by atomic mass is 19.3. The molecular formula is C13H14F2N4O3. The van der Waals surface area contributed by atoms with Crippen molar-refractivity contribution in [3.05, 3.63) is 29.2 Å². The molecule has 1 atom stereocenters. The molecule has 22 heavy (non-hydrogen) atoms. The van der Waals surface area contributed by atoms with Crippen LogP contribution < -0.4 is 0 Å². The first kappa shape index (κ1) is 14.6. The van der Waals surface area contributed by atoms with Crippen molar-refractivity contribution in [3.63, 3.8) is 0 Å². The predicted octanol–water partition coefficient (Wildman–Crippen LogP) is 2.15. The number of likely N-dealkylation sites (tertiary alicyclic amines) is 1. The lowest BCUT2D eigenvalue weighted by molar-refractivity contribution is 0.0115. The molecule has 1 fully saturated rings. The van der Waals surface area contributed by atoms with Crippen LogP contribution in [0.4, 0.5) is 8.78 Å². The number of alkyl halides is 2. The lowest BCUT2D eigenvalue weighted by Crippen LogP contribution is -2.33. The van der Waals surface area contributed by atoms with Crippen LogP contribution in [0.25, 0.3) is 0 Å². The molecule has 7 nitrogen and oxygen atoms in total. The van der Waals surface area contributed by atoms with Gasteiger partial charge in [-0.2, -0.15) is 4.98 Å². The highest BCUT2D eigenvalue weighted by Gasteiger charge is 2.50. The Morgan fingerprint density at radius 1 is 1.45 bits per heavy atom. The molecule has 0 aliphatic carbocycles. The molecule has 9 heteroatoms. The molecular weight excluding hydrogens is 298 g/mol. The van der Waals surface area contributed by atoms with Crippen LogP contribution in [0.2, 0.25) is 0 Å². The van der Waals surface area contributed by atoms with E-state index in [1.54, 1.807) is 6.92 Å². The van der Waals surface area contributed by atoms with E-state index in [4.69, 9.17) is 9.05 Å². The van der Waals surface area contributed by atoms with Crippen molar-refractivity contribution in [1.29, 1.82) is 0 Å². The molecule has 0 radical (unpaired) electrons. The molecule has 0 saturated carbocycles. The van der Waals surface area contributed by atoms with Gasteiger partial charge in [0.05, 0.1) is 6.54 Å². The Kier molecular flexibility index (Phi) is 3.42. The van der Waals surface area contributed by atoms with Gasteiger partial charge in [-0.25, -0.2) is 8.78 Å². The number of halogens is 2. The van der Waals surface area contributed by atoms with E-state index in [2.05, 4.69) is 15.3 Å². The van der Waals surface area contributed by atoms with E-state index in [0.717, 1.165) is 4.90 Å². The summed E-state index contributed by atoms with van der Waals surface area (Å²) < 4.78 is 37.4. The molecule has 0 bridgehead atoms. The maximum absolute atomic E-state index is 13.8. The van der Waals surface area contributed by atoms with E-state index in [1.165, 1.54) is 6.07 Å². The van der Waals surface area contributed by atoms with Crippen LogP contribution in [0.15, 0.2) is 15.1 Å². The van der Waals surface area contributed by atoms with Crippen molar-refractivity contribution < 1.29 is 22.6 Å². The van der Waals surface area contributed by atoms with Crippen LogP contribution >= 0.6 is 0 Å². The topological polar surface area (TPSA) is 85.3 Å². The number of aryl methyl sites for hydroxylation is 2. The van der Waals surface area contributed by atoms with Gasteiger partial charge in [0.15, 0.2) is 11.5 Å². The summed E-state index contributed by atoms with van der Waals surface area (Å²) in [5.74, 6) is -2.80. The number of hydrogen-bond donors (Lipinski definition) is 0. The van der Waals surface area contributed by atoms with Gasteiger partial charge < -0.3 is 13.9 Å². The molecule has 1 saturated heterocycles. The molecule has 1 amide bonds. The van der Waals surface area contributed by atoms with E-state index >= 15 is 0 Å². The Morgan fingerprint density at radius 3 is 2.82 bits per heavy atom. The fraction of sp³-hybridized carbons (Fsp3) is 0.538. The molecule has 0 aromatic carbocycles. The standard InChI is InChI=1S/C13H14F2N4O3/c1-3-10-16-11(22-18-10)9-5-13(14,15)6-19(9)12(20)8-4-7(2)21-17-8/h4,9H,3,5-6H2,1-2H3/t9-/m0/s1. The first-order chi connectivity index (χ1) is 10.4. The van der Waals surface area contributed by atoms with Crippen LogP contribution in [-0.2, 0) is 6.42 Å². The number of aromatic nitrogens is 3. The molecule has 2 aromatic heterocycles. The number of hydrogen-bond acceptors (Lipinski definition) is 6. The zero-order valence-corrected chi connectivity index (χ0v) is 12.0. The Hall–Kier alpha value is -2.32. The lowest BCUT2D eigenvalue weighted by Gasteiger charge is -2.19. The predicted molar refractivity (Wildman–Crippen MR) is 68.3 cm³/mol. The molecule has 0 unspecified atom stereocenters. The van der Waals surface area contributed by atoms with Crippen molar-refractivity contribution in [2.45, 2.75) is 38.7 Å².